The number of anilines is 1. The first kappa shape index (κ1) is 19.5. The summed E-state index contributed by atoms with van der Waals surface area (Å²) < 4.78 is 4.86. The maximum absolute atomic E-state index is 11.8. The molecule has 1 saturated heterocycles. The van der Waals surface area contributed by atoms with Crippen molar-refractivity contribution >= 4 is 23.3 Å². The number of hydrogen-bond donors (Lipinski definition) is 2. The molecule has 9 nitrogen and oxygen atoms in total. The third kappa shape index (κ3) is 4.84. The molecule has 1 aromatic rings. The van der Waals surface area contributed by atoms with E-state index in [4.69, 9.17) is 4.74 Å². The van der Waals surface area contributed by atoms with Crippen LogP contribution in [0.25, 0.3) is 0 Å². The molecule has 1 fully saturated rings. The average molecular weight is 363 g/mol. The fourth-order valence-corrected chi connectivity index (χ4v) is 3.01. The van der Waals surface area contributed by atoms with Crippen molar-refractivity contribution in [1.29, 1.82) is 0 Å². The summed E-state index contributed by atoms with van der Waals surface area (Å²) in [6.45, 7) is 4.61. The van der Waals surface area contributed by atoms with Gasteiger partial charge in [0.15, 0.2) is 5.96 Å². The smallest absolute Gasteiger partial charge is 0.310 e. The van der Waals surface area contributed by atoms with Crippen molar-refractivity contribution in [3.05, 3.63) is 34.4 Å². The van der Waals surface area contributed by atoms with E-state index < -0.39 is 4.92 Å². The molecule has 2 atom stereocenters. The van der Waals surface area contributed by atoms with Crippen LogP contribution in [0.2, 0.25) is 0 Å². The number of carbonyl (C=O) groups is 1. The Kier molecular flexibility index (Phi) is 6.76. The number of hydrogen-bond acceptors (Lipinski definition) is 6. The van der Waals surface area contributed by atoms with Crippen LogP contribution in [0.4, 0.5) is 11.4 Å². The second-order valence-corrected chi connectivity index (χ2v) is 6.22. The number of nitrogens with zero attached hydrogens (tertiary/aromatic N) is 3. The summed E-state index contributed by atoms with van der Waals surface area (Å²) in [6, 6.07) is 6.28. The zero-order valence-electron chi connectivity index (χ0n) is 15.3. The van der Waals surface area contributed by atoms with Crippen LogP contribution in [0.3, 0.4) is 0 Å². The van der Waals surface area contributed by atoms with Crippen molar-refractivity contribution in [3.63, 3.8) is 0 Å². The van der Waals surface area contributed by atoms with Gasteiger partial charge in [0.25, 0.3) is 5.69 Å². The van der Waals surface area contributed by atoms with Crippen LogP contribution < -0.4 is 10.6 Å². The molecule has 0 aliphatic carbocycles. The molecule has 142 valence electrons. The van der Waals surface area contributed by atoms with Gasteiger partial charge in [0, 0.05) is 51.0 Å². The zero-order chi connectivity index (χ0) is 19.1. The SMILES string of the molecule is CN=C(NCCNc1ccc([N+](=O)[O-])cc1)N1CC(C)C(C(=O)OC)C1. The highest BCUT2D eigenvalue weighted by molar-refractivity contribution is 5.82. The van der Waals surface area contributed by atoms with Crippen molar-refractivity contribution in [2.75, 3.05) is 45.7 Å². The number of ether oxygens (including phenoxy) is 1. The van der Waals surface area contributed by atoms with E-state index in [-0.39, 0.29) is 23.5 Å². The van der Waals surface area contributed by atoms with Gasteiger partial charge in [-0.05, 0) is 18.1 Å². The molecular weight excluding hydrogens is 338 g/mol. The molecular formula is C17H25N5O4. The van der Waals surface area contributed by atoms with Gasteiger partial charge in [0.05, 0.1) is 18.0 Å². The number of nitro groups is 1. The van der Waals surface area contributed by atoms with Crippen LogP contribution in [-0.4, -0.2) is 62.1 Å². The molecule has 0 amide bonds. The lowest BCUT2D eigenvalue weighted by atomic mass is 9.99. The summed E-state index contributed by atoms with van der Waals surface area (Å²) in [5.41, 5.74) is 0.880. The number of nitro benzene ring substituents is 1. The first-order chi connectivity index (χ1) is 12.5. The minimum atomic E-state index is -0.423. The quantitative estimate of drug-likeness (QED) is 0.196. The van der Waals surface area contributed by atoms with E-state index in [0.717, 1.165) is 18.2 Å². The molecule has 26 heavy (non-hydrogen) atoms. The lowest BCUT2D eigenvalue weighted by Crippen LogP contribution is -2.42. The monoisotopic (exact) mass is 363 g/mol. The Morgan fingerprint density at radius 3 is 2.62 bits per heavy atom. The van der Waals surface area contributed by atoms with Crippen LogP contribution in [0.1, 0.15) is 6.92 Å². The highest BCUT2D eigenvalue weighted by atomic mass is 16.6. The predicted molar refractivity (Wildman–Crippen MR) is 99.2 cm³/mol. The third-order valence-electron chi connectivity index (χ3n) is 4.44. The number of aliphatic imine (C=N–C) groups is 1. The predicted octanol–water partition coefficient (Wildman–Crippen LogP) is 1.32. The maximum atomic E-state index is 11.8. The van der Waals surface area contributed by atoms with Crippen LogP contribution in [0.15, 0.2) is 29.3 Å². The topological polar surface area (TPSA) is 109 Å². The van der Waals surface area contributed by atoms with E-state index in [0.29, 0.717) is 19.6 Å². The lowest BCUT2D eigenvalue weighted by molar-refractivity contribution is -0.384. The third-order valence-corrected chi connectivity index (χ3v) is 4.44. The fourth-order valence-electron chi connectivity index (χ4n) is 3.01. The summed E-state index contributed by atoms with van der Waals surface area (Å²) in [5.74, 6) is 0.625. The Morgan fingerprint density at radius 1 is 1.35 bits per heavy atom. The van der Waals surface area contributed by atoms with Gasteiger partial charge in [0.2, 0.25) is 0 Å². The number of methoxy groups -OCH3 is 1. The second-order valence-electron chi connectivity index (χ2n) is 6.22. The van der Waals surface area contributed by atoms with Crippen LogP contribution in [-0.2, 0) is 9.53 Å². The Labute approximate surface area is 152 Å². The first-order valence-electron chi connectivity index (χ1n) is 8.48. The molecule has 2 unspecified atom stereocenters. The van der Waals surface area contributed by atoms with Gasteiger partial charge < -0.3 is 20.3 Å². The van der Waals surface area contributed by atoms with E-state index in [1.165, 1.54) is 19.2 Å². The van der Waals surface area contributed by atoms with Crippen molar-refractivity contribution in [3.8, 4) is 0 Å². The standard InChI is InChI=1S/C17H25N5O4/c1-12-10-21(11-15(12)16(23)26-3)17(18-2)20-9-8-19-13-4-6-14(7-5-13)22(24)25/h4-7,12,15,19H,8-11H2,1-3H3,(H,18,20). The summed E-state index contributed by atoms with van der Waals surface area (Å²) in [6.07, 6.45) is 0. The zero-order valence-corrected chi connectivity index (χ0v) is 15.3. The van der Waals surface area contributed by atoms with E-state index in [2.05, 4.69) is 20.5 Å². The summed E-state index contributed by atoms with van der Waals surface area (Å²) in [7, 11) is 3.12. The second kappa shape index (κ2) is 9.02. The van der Waals surface area contributed by atoms with Gasteiger partial charge in [0.1, 0.15) is 0 Å². The normalized spacial score (nSPS) is 20.0. The molecule has 0 spiro atoms. The average Bonchev–Trinajstić information content (AvgIpc) is 3.03. The van der Waals surface area contributed by atoms with Crippen molar-refractivity contribution in [2.45, 2.75) is 6.92 Å². The Hall–Kier alpha value is -2.84. The number of non-ortho nitro benzene ring substituents is 1. The molecule has 1 aromatic carbocycles. The Morgan fingerprint density at radius 2 is 2.04 bits per heavy atom. The maximum Gasteiger partial charge on any atom is 0.310 e. The molecule has 1 aliphatic rings. The molecule has 2 rings (SSSR count). The molecule has 9 heteroatoms. The molecule has 0 radical (unpaired) electrons. The van der Waals surface area contributed by atoms with Gasteiger partial charge in [-0.1, -0.05) is 6.92 Å². The number of rotatable bonds is 6. The van der Waals surface area contributed by atoms with Crippen LogP contribution in [0, 0.1) is 22.0 Å². The van der Waals surface area contributed by atoms with Crippen LogP contribution >= 0.6 is 0 Å². The number of benzene rings is 1. The molecule has 2 N–H and O–H groups in total. The van der Waals surface area contributed by atoms with Crippen LogP contribution in [0.5, 0.6) is 0 Å². The minimum Gasteiger partial charge on any atom is -0.469 e. The Balaban J connectivity index is 1.79. The van der Waals surface area contributed by atoms with Gasteiger partial charge in [-0.2, -0.15) is 0 Å². The highest BCUT2D eigenvalue weighted by Gasteiger charge is 2.36. The number of esters is 1. The minimum absolute atomic E-state index is 0.0670. The first-order valence-corrected chi connectivity index (χ1v) is 8.48. The molecule has 1 aliphatic heterocycles. The lowest BCUT2D eigenvalue weighted by Gasteiger charge is -2.21. The van der Waals surface area contributed by atoms with E-state index in [1.54, 1.807) is 19.2 Å². The van der Waals surface area contributed by atoms with Gasteiger partial charge >= 0.3 is 5.97 Å². The highest BCUT2D eigenvalue weighted by Crippen LogP contribution is 2.24. The van der Waals surface area contributed by atoms with E-state index in [1.807, 2.05) is 6.92 Å². The number of likely N-dealkylation sites (tertiary alicyclic amines) is 1. The number of nitrogens with one attached hydrogen (secondary N) is 2. The number of guanidine groups is 1. The van der Waals surface area contributed by atoms with Gasteiger partial charge in [-0.3, -0.25) is 19.9 Å². The number of carbonyl (C=O) groups excluding carboxylic acids is 1. The van der Waals surface area contributed by atoms with Crippen molar-refractivity contribution < 1.29 is 14.5 Å². The summed E-state index contributed by atoms with van der Waals surface area (Å²) in [5, 5.41) is 17.1. The molecule has 1 heterocycles. The van der Waals surface area contributed by atoms with E-state index >= 15 is 0 Å². The molecule has 0 saturated carbocycles. The van der Waals surface area contributed by atoms with Gasteiger partial charge in [-0.15, -0.1) is 0 Å². The molecule has 0 bridgehead atoms. The van der Waals surface area contributed by atoms with Gasteiger partial charge in [-0.25, -0.2) is 0 Å². The molecule has 0 aromatic heterocycles. The summed E-state index contributed by atoms with van der Waals surface area (Å²) in [4.78, 5) is 28.4. The fraction of sp³-hybridized carbons (Fsp3) is 0.529. The summed E-state index contributed by atoms with van der Waals surface area (Å²) >= 11 is 0. The van der Waals surface area contributed by atoms with Crippen molar-refractivity contribution in [1.82, 2.24) is 10.2 Å². The van der Waals surface area contributed by atoms with Crippen molar-refractivity contribution in [2.24, 2.45) is 16.8 Å². The van der Waals surface area contributed by atoms with E-state index in [9.17, 15) is 14.9 Å². The largest absolute Gasteiger partial charge is 0.469 e. The Bertz CT molecular complexity index is 662.